The zero-order valence-electron chi connectivity index (χ0n) is 9.12. The van der Waals surface area contributed by atoms with E-state index < -0.39 is 0 Å². The number of fused-ring (bicyclic) bond motifs is 1. The maximum Gasteiger partial charge on any atom is 0.164 e. The van der Waals surface area contributed by atoms with Crippen molar-refractivity contribution in [1.82, 2.24) is 0 Å². The second-order valence-corrected chi connectivity index (χ2v) is 3.93. The van der Waals surface area contributed by atoms with Crippen LogP contribution in [0.1, 0.15) is 18.1 Å². The van der Waals surface area contributed by atoms with Gasteiger partial charge in [0.25, 0.3) is 0 Å². The summed E-state index contributed by atoms with van der Waals surface area (Å²) in [4.78, 5) is 0. The third kappa shape index (κ3) is 2.07. The Bertz CT molecular complexity index is 358. The summed E-state index contributed by atoms with van der Waals surface area (Å²) in [7, 11) is 0. The number of hydrogen-bond donors (Lipinski definition) is 1. The van der Waals surface area contributed by atoms with Gasteiger partial charge in [0.05, 0.1) is 6.10 Å². The molecule has 0 amide bonds. The van der Waals surface area contributed by atoms with Crippen LogP contribution in [0.4, 0.5) is 0 Å². The summed E-state index contributed by atoms with van der Waals surface area (Å²) >= 11 is 0. The molecule has 0 spiro atoms. The van der Waals surface area contributed by atoms with E-state index in [4.69, 9.17) is 9.47 Å². The Balaban J connectivity index is 2.34. The fraction of sp³-hybridized carbons (Fsp3) is 0.500. The summed E-state index contributed by atoms with van der Waals surface area (Å²) < 4.78 is 11.0. The highest BCUT2D eigenvalue weighted by molar-refractivity contribution is 5.50. The lowest BCUT2D eigenvalue weighted by Gasteiger charge is -2.22. The van der Waals surface area contributed by atoms with Gasteiger partial charge in [-0.25, -0.2) is 0 Å². The van der Waals surface area contributed by atoms with Gasteiger partial charge in [0.2, 0.25) is 0 Å². The number of rotatable bonds is 2. The highest BCUT2D eigenvalue weighted by Crippen LogP contribution is 2.35. The number of benzene rings is 1. The van der Waals surface area contributed by atoms with E-state index in [0.717, 1.165) is 22.6 Å². The van der Waals surface area contributed by atoms with E-state index in [-0.39, 0.29) is 6.10 Å². The molecule has 3 nitrogen and oxygen atoms in total. The van der Waals surface area contributed by atoms with Gasteiger partial charge in [-0.3, -0.25) is 0 Å². The van der Waals surface area contributed by atoms with E-state index in [2.05, 4.69) is 0 Å². The molecule has 1 aromatic carbocycles. The van der Waals surface area contributed by atoms with Crippen molar-refractivity contribution in [1.29, 1.82) is 0 Å². The number of hydrogen-bond acceptors (Lipinski definition) is 3. The molecule has 0 saturated carbocycles. The zero-order chi connectivity index (χ0) is 10.8. The van der Waals surface area contributed by atoms with Gasteiger partial charge in [-0.15, -0.1) is 0 Å². The first kappa shape index (κ1) is 10.3. The molecular formula is C12H16O3. The quantitative estimate of drug-likeness (QED) is 0.803. The van der Waals surface area contributed by atoms with Crippen molar-refractivity contribution in [2.45, 2.75) is 26.4 Å². The molecule has 1 N–H and O–H groups in total. The topological polar surface area (TPSA) is 38.7 Å². The van der Waals surface area contributed by atoms with Crippen molar-refractivity contribution < 1.29 is 14.6 Å². The van der Waals surface area contributed by atoms with Crippen molar-refractivity contribution in [3.8, 4) is 11.5 Å². The summed E-state index contributed by atoms with van der Waals surface area (Å²) in [5.74, 6) is 1.65. The van der Waals surface area contributed by atoms with E-state index in [1.807, 2.05) is 19.1 Å². The molecule has 3 heteroatoms. The average molecular weight is 208 g/mol. The lowest BCUT2D eigenvalue weighted by molar-refractivity contribution is 0.169. The van der Waals surface area contributed by atoms with Gasteiger partial charge in [0.15, 0.2) is 11.5 Å². The predicted octanol–water partition coefficient (Wildman–Crippen LogP) is 1.69. The molecule has 0 aromatic heterocycles. The fourth-order valence-electron chi connectivity index (χ4n) is 1.84. The molecule has 0 radical (unpaired) electrons. The van der Waals surface area contributed by atoms with E-state index in [1.54, 1.807) is 6.92 Å². The summed E-state index contributed by atoms with van der Waals surface area (Å²) in [6.45, 7) is 5.01. The lowest BCUT2D eigenvalue weighted by atomic mass is 10.0. The first-order valence-electron chi connectivity index (χ1n) is 5.24. The van der Waals surface area contributed by atoms with Crippen LogP contribution in [-0.2, 0) is 6.42 Å². The molecule has 0 saturated heterocycles. The van der Waals surface area contributed by atoms with Gasteiger partial charge in [0, 0.05) is 0 Å². The molecule has 15 heavy (non-hydrogen) atoms. The molecule has 1 aliphatic heterocycles. The molecule has 1 unspecified atom stereocenters. The Morgan fingerprint density at radius 1 is 1.33 bits per heavy atom. The second-order valence-electron chi connectivity index (χ2n) is 3.93. The minimum Gasteiger partial charge on any atom is -0.486 e. The summed E-state index contributed by atoms with van der Waals surface area (Å²) in [5.41, 5.74) is 2.20. The van der Waals surface area contributed by atoms with Crippen LogP contribution in [0, 0.1) is 6.92 Å². The second kappa shape index (κ2) is 4.11. The summed E-state index contributed by atoms with van der Waals surface area (Å²) in [5, 5.41) is 9.36. The van der Waals surface area contributed by atoms with Gasteiger partial charge in [-0.05, 0) is 37.5 Å². The van der Waals surface area contributed by atoms with Crippen molar-refractivity contribution in [3.05, 3.63) is 23.3 Å². The summed E-state index contributed by atoms with van der Waals surface area (Å²) in [6.07, 6.45) is 0.328. The van der Waals surface area contributed by atoms with Crippen LogP contribution in [-0.4, -0.2) is 24.4 Å². The Morgan fingerprint density at radius 2 is 2.07 bits per heavy atom. The van der Waals surface area contributed by atoms with E-state index in [0.29, 0.717) is 19.6 Å². The van der Waals surface area contributed by atoms with Crippen LogP contribution < -0.4 is 9.47 Å². The Morgan fingerprint density at radius 3 is 2.80 bits per heavy atom. The SMILES string of the molecule is Cc1c(CC(C)O)ccc2c1OCCO2. The molecule has 82 valence electrons. The Labute approximate surface area is 89.6 Å². The number of aliphatic hydroxyl groups excluding tert-OH is 1. The standard InChI is InChI=1S/C12H16O3/c1-8(13)7-10-3-4-11-12(9(10)2)15-6-5-14-11/h3-4,8,13H,5-7H2,1-2H3. The van der Waals surface area contributed by atoms with Gasteiger partial charge in [-0.1, -0.05) is 6.07 Å². The molecule has 2 rings (SSSR count). The monoisotopic (exact) mass is 208 g/mol. The third-order valence-electron chi connectivity index (χ3n) is 2.58. The first-order valence-corrected chi connectivity index (χ1v) is 5.24. The average Bonchev–Trinajstić information content (AvgIpc) is 2.22. The molecular weight excluding hydrogens is 192 g/mol. The normalized spacial score (nSPS) is 16.2. The summed E-state index contributed by atoms with van der Waals surface area (Å²) in [6, 6.07) is 3.91. The molecule has 0 bridgehead atoms. The van der Waals surface area contributed by atoms with Gasteiger partial charge < -0.3 is 14.6 Å². The van der Waals surface area contributed by atoms with Gasteiger partial charge in [0.1, 0.15) is 13.2 Å². The van der Waals surface area contributed by atoms with Crippen molar-refractivity contribution >= 4 is 0 Å². The van der Waals surface area contributed by atoms with Gasteiger partial charge in [-0.2, -0.15) is 0 Å². The van der Waals surface area contributed by atoms with E-state index >= 15 is 0 Å². The molecule has 0 fully saturated rings. The smallest absolute Gasteiger partial charge is 0.164 e. The largest absolute Gasteiger partial charge is 0.486 e. The maximum absolute atomic E-state index is 9.36. The van der Waals surface area contributed by atoms with Crippen molar-refractivity contribution in [2.75, 3.05) is 13.2 Å². The zero-order valence-corrected chi connectivity index (χ0v) is 9.12. The number of aliphatic hydroxyl groups is 1. The minimum absolute atomic E-state index is 0.328. The highest BCUT2D eigenvalue weighted by atomic mass is 16.6. The van der Waals surface area contributed by atoms with E-state index in [9.17, 15) is 5.11 Å². The van der Waals surface area contributed by atoms with Crippen LogP contribution in [0.15, 0.2) is 12.1 Å². The molecule has 0 aliphatic carbocycles. The van der Waals surface area contributed by atoms with Crippen molar-refractivity contribution in [3.63, 3.8) is 0 Å². The van der Waals surface area contributed by atoms with E-state index in [1.165, 1.54) is 0 Å². The van der Waals surface area contributed by atoms with Crippen LogP contribution in [0.5, 0.6) is 11.5 Å². The molecule has 1 aromatic rings. The predicted molar refractivity (Wildman–Crippen MR) is 57.6 cm³/mol. The lowest BCUT2D eigenvalue weighted by Crippen LogP contribution is -2.17. The maximum atomic E-state index is 9.36. The van der Waals surface area contributed by atoms with Crippen molar-refractivity contribution in [2.24, 2.45) is 0 Å². The van der Waals surface area contributed by atoms with Gasteiger partial charge >= 0.3 is 0 Å². The molecule has 1 atom stereocenters. The van der Waals surface area contributed by atoms with Crippen LogP contribution in [0.25, 0.3) is 0 Å². The van der Waals surface area contributed by atoms with Crippen LogP contribution in [0.3, 0.4) is 0 Å². The Kier molecular flexibility index (Phi) is 2.82. The molecule has 1 heterocycles. The highest BCUT2D eigenvalue weighted by Gasteiger charge is 2.16. The van der Waals surface area contributed by atoms with Crippen LogP contribution >= 0.6 is 0 Å². The van der Waals surface area contributed by atoms with Crippen LogP contribution in [0.2, 0.25) is 0 Å². The minimum atomic E-state index is -0.328. The third-order valence-corrected chi connectivity index (χ3v) is 2.58. The first-order chi connectivity index (χ1) is 7.18. The number of ether oxygens (including phenoxy) is 2. The Hall–Kier alpha value is -1.22. The fourth-order valence-corrected chi connectivity index (χ4v) is 1.84. The molecule has 1 aliphatic rings.